The molecule has 2 aromatic heterocycles. The van der Waals surface area contributed by atoms with E-state index in [1.54, 1.807) is 0 Å². The highest BCUT2D eigenvalue weighted by Gasteiger charge is 2.09. The van der Waals surface area contributed by atoms with Gasteiger partial charge in [-0.1, -0.05) is 5.16 Å². The molecule has 0 N–H and O–H groups in total. The Labute approximate surface area is 90.4 Å². The number of thiophene rings is 1. The Bertz CT molecular complexity index is 436. The zero-order valence-corrected chi connectivity index (χ0v) is 8.90. The zero-order chi connectivity index (χ0) is 10.5. The molecule has 0 aliphatic heterocycles. The molecule has 0 radical (unpaired) electrons. The quantitative estimate of drug-likeness (QED) is 0.590. The van der Waals surface area contributed by atoms with Crippen LogP contribution in [0, 0.1) is 0 Å². The van der Waals surface area contributed by atoms with Gasteiger partial charge in [-0.3, -0.25) is 0 Å². The molecule has 2 rings (SSSR count). The van der Waals surface area contributed by atoms with Crippen LogP contribution in [0.3, 0.4) is 0 Å². The molecule has 6 heteroatoms. The molecule has 0 aliphatic carbocycles. The van der Waals surface area contributed by atoms with E-state index in [0.29, 0.717) is 12.4 Å². The lowest BCUT2D eigenvalue weighted by Gasteiger charge is -1.93. The highest BCUT2D eigenvalue weighted by atomic mass is 32.1. The van der Waals surface area contributed by atoms with Crippen LogP contribution >= 0.6 is 11.3 Å². The lowest BCUT2D eigenvalue weighted by atomic mass is 10.3. The molecular weight excluding hydrogens is 214 g/mol. The van der Waals surface area contributed by atoms with E-state index in [-0.39, 0.29) is 0 Å². The Morgan fingerprint density at radius 1 is 1.67 bits per heavy atom. The summed E-state index contributed by atoms with van der Waals surface area (Å²) < 4.78 is 9.71. The molecule has 0 aliphatic rings. The van der Waals surface area contributed by atoms with E-state index in [0.717, 1.165) is 10.6 Å². The van der Waals surface area contributed by atoms with Gasteiger partial charge in [0.15, 0.2) is 6.40 Å². The predicted molar refractivity (Wildman–Crippen MR) is 57.4 cm³/mol. The van der Waals surface area contributed by atoms with Crippen molar-refractivity contribution in [2.24, 2.45) is 4.99 Å². The minimum absolute atomic E-state index is 0.542. The van der Waals surface area contributed by atoms with Crippen LogP contribution in [0.15, 0.2) is 27.4 Å². The molecule has 0 unspecified atom stereocenters. The molecule has 5 nitrogen and oxygen atoms in total. The Hall–Kier alpha value is -1.69. The standard InChI is InChI=1S/C9H9N3O2S/c1-2-13-5-11-9-7(3-4-15-9)8-10-6-14-12-8/h3-6H,2H2,1H3. The minimum Gasteiger partial charge on any atom is -0.483 e. The van der Waals surface area contributed by atoms with Gasteiger partial charge in [-0.15, -0.1) is 11.3 Å². The monoisotopic (exact) mass is 223 g/mol. The van der Waals surface area contributed by atoms with E-state index in [9.17, 15) is 0 Å². The van der Waals surface area contributed by atoms with Crippen LogP contribution < -0.4 is 0 Å². The first kappa shape index (κ1) is 9.85. The number of hydrogen-bond acceptors (Lipinski definition) is 6. The van der Waals surface area contributed by atoms with Gasteiger partial charge in [-0.05, 0) is 18.4 Å². The second-order valence-electron chi connectivity index (χ2n) is 2.58. The summed E-state index contributed by atoms with van der Waals surface area (Å²) in [6.07, 6.45) is 2.72. The predicted octanol–water partition coefficient (Wildman–Crippen LogP) is 2.49. The molecule has 15 heavy (non-hydrogen) atoms. The number of rotatable bonds is 4. The third-order valence-corrected chi connectivity index (χ3v) is 2.48. The Kier molecular flexibility index (Phi) is 3.08. The summed E-state index contributed by atoms with van der Waals surface area (Å²) in [7, 11) is 0. The number of aromatic nitrogens is 2. The van der Waals surface area contributed by atoms with Crippen LogP contribution in [0.2, 0.25) is 0 Å². The summed E-state index contributed by atoms with van der Waals surface area (Å²) in [5.74, 6) is 0.542. The van der Waals surface area contributed by atoms with Crippen LogP contribution in [0.4, 0.5) is 5.00 Å². The summed E-state index contributed by atoms with van der Waals surface area (Å²) in [4.78, 5) is 8.12. The van der Waals surface area contributed by atoms with Crippen LogP contribution in [0.1, 0.15) is 6.92 Å². The summed E-state index contributed by atoms with van der Waals surface area (Å²) in [6.45, 7) is 2.51. The maximum atomic E-state index is 5.03. The van der Waals surface area contributed by atoms with Crippen molar-refractivity contribution in [3.05, 3.63) is 17.8 Å². The Balaban J connectivity index is 2.23. The summed E-state index contributed by atoms with van der Waals surface area (Å²) in [6, 6.07) is 1.90. The van der Waals surface area contributed by atoms with Crippen molar-refractivity contribution >= 4 is 22.7 Å². The molecular formula is C9H9N3O2S. The van der Waals surface area contributed by atoms with Crippen molar-refractivity contribution in [1.29, 1.82) is 0 Å². The highest BCUT2D eigenvalue weighted by Crippen LogP contribution is 2.33. The van der Waals surface area contributed by atoms with Crippen LogP contribution in [0.25, 0.3) is 11.4 Å². The van der Waals surface area contributed by atoms with Gasteiger partial charge in [0.1, 0.15) is 5.00 Å². The van der Waals surface area contributed by atoms with E-state index < -0.39 is 0 Å². The van der Waals surface area contributed by atoms with E-state index >= 15 is 0 Å². The van der Waals surface area contributed by atoms with Crippen LogP contribution in [0.5, 0.6) is 0 Å². The lowest BCUT2D eigenvalue weighted by molar-refractivity contribution is 0.344. The van der Waals surface area contributed by atoms with Crippen molar-refractivity contribution in [1.82, 2.24) is 10.1 Å². The second kappa shape index (κ2) is 4.70. The first-order chi connectivity index (χ1) is 7.42. The van der Waals surface area contributed by atoms with Crippen molar-refractivity contribution in [2.45, 2.75) is 6.92 Å². The van der Waals surface area contributed by atoms with Gasteiger partial charge >= 0.3 is 0 Å². The summed E-state index contributed by atoms with van der Waals surface area (Å²) >= 11 is 1.50. The van der Waals surface area contributed by atoms with Gasteiger partial charge < -0.3 is 9.26 Å². The molecule has 0 fully saturated rings. The van der Waals surface area contributed by atoms with Crippen LogP contribution in [-0.2, 0) is 4.74 Å². The first-order valence-electron chi connectivity index (χ1n) is 4.40. The van der Waals surface area contributed by atoms with Crippen LogP contribution in [-0.4, -0.2) is 23.1 Å². The molecule has 0 aromatic carbocycles. The van der Waals surface area contributed by atoms with E-state index in [1.807, 2.05) is 18.4 Å². The van der Waals surface area contributed by atoms with Gasteiger partial charge in [-0.2, -0.15) is 4.98 Å². The number of nitrogens with zero attached hydrogens (tertiary/aromatic N) is 3. The van der Waals surface area contributed by atoms with Crippen molar-refractivity contribution in [2.75, 3.05) is 6.61 Å². The maximum absolute atomic E-state index is 5.03. The van der Waals surface area contributed by atoms with Gasteiger partial charge in [0, 0.05) is 0 Å². The van der Waals surface area contributed by atoms with Gasteiger partial charge in [0.2, 0.25) is 12.2 Å². The average molecular weight is 223 g/mol. The fraction of sp³-hybridized carbons (Fsp3) is 0.222. The summed E-state index contributed by atoms with van der Waals surface area (Å²) in [5, 5.41) is 6.48. The van der Waals surface area contributed by atoms with Crippen molar-refractivity contribution < 1.29 is 9.26 Å². The highest BCUT2D eigenvalue weighted by molar-refractivity contribution is 7.14. The molecule has 0 spiro atoms. The molecule has 0 bridgehead atoms. The normalized spacial score (nSPS) is 11.0. The summed E-state index contributed by atoms with van der Waals surface area (Å²) in [5.41, 5.74) is 0.852. The maximum Gasteiger partial charge on any atom is 0.214 e. The molecule has 0 atom stereocenters. The number of hydrogen-bond donors (Lipinski definition) is 0. The molecule has 2 aromatic rings. The smallest absolute Gasteiger partial charge is 0.214 e. The second-order valence-corrected chi connectivity index (χ2v) is 3.48. The molecule has 0 saturated carbocycles. The lowest BCUT2D eigenvalue weighted by Crippen LogP contribution is -1.83. The zero-order valence-electron chi connectivity index (χ0n) is 8.08. The average Bonchev–Trinajstić information content (AvgIpc) is 2.87. The largest absolute Gasteiger partial charge is 0.483 e. The SMILES string of the molecule is CCOC=Nc1sccc1-c1ncon1. The van der Waals surface area contributed by atoms with Gasteiger partial charge in [-0.25, -0.2) is 4.99 Å². The minimum atomic E-state index is 0.542. The van der Waals surface area contributed by atoms with Crippen molar-refractivity contribution in [3.8, 4) is 11.4 Å². The number of aliphatic imine (C=N–C) groups is 1. The molecule has 0 saturated heterocycles. The first-order valence-corrected chi connectivity index (χ1v) is 5.28. The van der Waals surface area contributed by atoms with Crippen molar-refractivity contribution in [3.63, 3.8) is 0 Å². The van der Waals surface area contributed by atoms with Gasteiger partial charge in [0.05, 0.1) is 12.2 Å². The van der Waals surface area contributed by atoms with E-state index in [1.165, 1.54) is 24.1 Å². The third-order valence-electron chi connectivity index (χ3n) is 1.66. The van der Waals surface area contributed by atoms with Gasteiger partial charge in [0.25, 0.3) is 0 Å². The third kappa shape index (κ3) is 2.21. The Morgan fingerprint density at radius 3 is 3.33 bits per heavy atom. The van der Waals surface area contributed by atoms with E-state index in [4.69, 9.17) is 4.74 Å². The molecule has 0 amide bonds. The Morgan fingerprint density at radius 2 is 2.60 bits per heavy atom. The van der Waals surface area contributed by atoms with E-state index in [2.05, 4.69) is 19.7 Å². The topological polar surface area (TPSA) is 60.5 Å². The molecule has 78 valence electrons. The fourth-order valence-electron chi connectivity index (χ4n) is 1.02. The fourth-order valence-corrected chi connectivity index (χ4v) is 1.74. The molecule has 2 heterocycles. The number of ether oxygens (including phenoxy) is 1.